The second kappa shape index (κ2) is 5.66. The van der Waals surface area contributed by atoms with E-state index in [0.29, 0.717) is 23.1 Å². The molecule has 0 saturated heterocycles. The summed E-state index contributed by atoms with van der Waals surface area (Å²) in [5.41, 5.74) is 7.04. The number of aryl methyl sites for hydroxylation is 1. The highest BCUT2D eigenvalue weighted by Crippen LogP contribution is 2.28. The Morgan fingerprint density at radius 1 is 1.42 bits per heavy atom. The number of nitrogens with zero attached hydrogens (tertiary/aromatic N) is 3. The predicted molar refractivity (Wildman–Crippen MR) is 74.2 cm³/mol. The van der Waals surface area contributed by atoms with Crippen LogP contribution in [0.3, 0.4) is 0 Å². The normalized spacial score (nSPS) is 10.2. The number of hydrogen-bond acceptors (Lipinski definition) is 5. The molecule has 2 rings (SSSR count). The number of aromatic nitrogens is 3. The lowest BCUT2D eigenvalue weighted by molar-refractivity contribution is 0.280. The number of nitrogens with two attached hydrogens (primary N) is 1. The van der Waals surface area contributed by atoms with Crippen LogP contribution < -0.4 is 15.2 Å². The molecule has 0 fully saturated rings. The van der Waals surface area contributed by atoms with Gasteiger partial charge < -0.3 is 15.2 Å². The molecule has 1 aromatic heterocycles. The van der Waals surface area contributed by atoms with Crippen molar-refractivity contribution in [2.24, 2.45) is 12.8 Å². The maximum atomic E-state index is 5.64. The molecule has 2 N–H and O–H groups in total. The quantitative estimate of drug-likeness (QED) is 0.824. The Morgan fingerprint density at radius 3 is 2.79 bits per heavy atom. The van der Waals surface area contributed by atoms with Crippen molar-refractivity contribution in [3.8, 4) is 11.5 Å². The fourth-order valence-corrected chi connectivity index (χ4v) is 1.68. The third kappa shape index (κ3) is 3.19. The highest BCUT2D eigenvalue weighted by molar-refractivity contribution is 7.80. The van der Waals surface area contributed by atoms with E-state index in [1.54, 1.807) is 43.2 Å². The van der Waals surface area contributed by atoms with Gasteiger partial charge in [-0.1, -0.05) is 17.4 Å². The van der Waals surface area contributed by atoms with Crippen LogP contribution in [0.4, 0.5) is 0 Å². The van der Waals surface area contributed by atoms with E-state index in [4.69, 9.17) is 27.4 Å². The zero-order valence-corrected chi connectivity index (χ0v) is 11.5. The number of hydrogen-bond donors (Lipinski definition) is 1. The van der Waals surface area contributed by atoms with E-state index >= 15 is 0 Å². The highest BCUT2D eigenvalue weighted by Gasteiger charge is 2.08. The van der Waals surface area contributed by atoms with E-state index in [1.807, 2.05) is 0 Å². The van der Waals surface area contributed by atoms with Gasteiger partial charge in [-0.05, 0) is 18.2 Å². The van der Waals surface area contributed by atoms with Crippen LogP contribution in [-0.2, 0) is 13.7 Å². The summed E-state index contributed by atoms with van der Waals surface area (Å²) in [4.78, 5) is 0.318. The number of ether oxygens (including phenoxy) is 2. The third-order valence-corrected chi connectivity index (χ3v) is 2.71. The molecule has 19 heavy (non-hydrogen) atoms. The van der Waals surface area contributed by atoms with E-state index in [-0.39, 0.29) is 0 Å². The molecule has 0 saturated carbocycles. The van der Waals surface area contributed by atoms with E-state index in [1.165, 1.54) is 0 Å². The lowest BCUT2D eigenvalue weighted by atomic mass is 10.2. The average Bonchev–Trinajstić information content (AvgIpc) is 2.81. The van der Waals surface area contributed by atoms with Crippen LogP contribution >= 0.6 is 12.2 Å². The molecule has 0 aliphatic rings. The molecular weight excluding hydrogens is 264 g/mol. The van der Waals surface area contributed by atoms with Gasteiger partial charge in [-0.2, -0.15) is 0 Å². The molecule has 6 nitrogen and oxygen atoms in total. The number of benzene rings is 1. The molecule has 100 valence electrons. The predicted octanol–water partition coefficient (Wildman–Crippen LogP) is 1.04. The fraction of sp³-hybridized carbons (Fsp3) is 0.250. The van der Waals surface area contributed by atoms with Crippen molar-refractivity contribution in [2.75, 3.05) is 7.11 Å². The monoisotopic (exact) mass is 278 g/mol. The first-order valence-electron chi connectivity index (χ1n) is 5.56. The fourth-order valence-electron chi connectivity index (χ4n) is 1.55. The van der Waals surface area contributed by atoms with Crippen LogP contribution in [0.15, 0.2) is 24.4 Å². The first-order chi connectivity index (χ1) is 9.10. The van der Waals surface area contributed by atoms with E-state index in [0.717, 1.165) is 11.3 Å². The van der Waals surface area contributed by atoms with Gasteiger partial charge in [0.1, 0.15) is 17.3 Å². The Bertz CT molecular complexity index is 597. The van der Waals surface area contributed by atoms with Crippen molar-refractivity contribution in [2.45, 2.75) is 6.61 Å². The highest BCUT2D eigenvalue weighted by atomic mass is 32.1. The summed E-state index contributed by atoms with van der Waals surface area (Å²) in [5, 5.41) is 7.77. The maximum Gasteiger partial charge on any atom is 0.161 e. The van der Waals surface area contributed by atoms with E-state index < -0.39 is 0 Å². The van der Waals surface area contributed by atoms with Gasteiger partial charge in [-0.15, -0.1) is 5.10 Å². The Labute approximate surface area is 116 Å². The van der Waals surface area contributed by atoms with Crippen LogP contribution in [0.25, 0.3) is 0 Å². The van der Waals surface area contributed by atoms with Crippen LogP contribution in [0, 0.1) is 0 Å². The zero-order chi connectivity index (χ0) is 13.8. The molecule has 0 aliphatic carbocycles. The number of thiocarbonyl (C=S) groups is 1. The van der Waals surface area contributed by atoms with Gasteiger partial charge in [-0.3, -0.25) is 4.68 Å². The van der Waals surface area contributed by atoms with Crippen molar-refractivity contribution >= 4 is 17.2 Å². The minimum absolute atomic E-state index is 0.316. The molecule has 0 atom stereocenters. The molecule has 0 unspecified atom stereocenters. The summed E-state index contributed by atoms with van der Waals surface area (Å²) in [7, 11) is 3.36. The largest absolute Gasteiger partial charge is 0.493 e. The standard InChI is InChI=1S/C12H14N4O2S/c1-16-6-9(14-15-16)7-18-10-4-3-8(12(13)19)5-11(10)17-2/h3-6H,7H2,1-2H3,(H2,13,19). The number of rotatable bonds is 5. The van der Waals surface area contributed by atoms with Gasteiger partial charge in [0.05, 0.1) is 13.3 Å². The molecular formula is C12H14N4O2S. The SMILES string of the molecule is COc1cc(C(N)=S)ccc1OCc1cn(C)nn1. The summed E-state index contributed by atoms with van der Waals surface area (Å²) in [6, 6.07) is 5.30. The third-order valence-electron chi connectivity index (χ3n) is 2.47. The average molecular weight is 278 g/mol. The first kappa shape index (κ1) is 13.3. The Morgan fingerprint density at radius 2 is 2.21 bits per heavy atom. The molecule has 2 aromatic rings. The molecule has 0 bridgehead atoms. The molecule has 0 radical (unpaired) electrons. The minimum atomic E-state index is 0.316. The lowest BCUT2D eigenvalue weighted by Crippen LogP contribution is -2.09. The first-order valence-corrected chi connectivity index (χ1v) is 5.97. The lowest BCUT2D eigenvalue weighted by Gasteiger charge is -2.10. The summed E-state index contributed by atoms with van der Waals surface area (Å²) in [5.74, 6) is 1.18. The Balaban J connectivity index is 2.13. The van der Waals surface area contributed by atoms with Gasteiger partial charge in [-0.25, -0.2) is 0 Å². The van der Waals surface area contributed by atoms with E-state index in [9.17, 15) is 0 Å². The van der Waals surface area contributed by atoms with Gasteiger partial charge in [0, 0.05) is 12.6 Å². The second-order valence-electron chi connectivity index (χ2n) is 3.90. The van der Waals surface area contributed by atoms with Crippen molar-refractivity contribution in [1.82, 2.24) is 15.0 Å². The molecule has 1 heterocycles. The van der Waals surface area contributed by atoms with Crippen LogP contribution in [0.1, 0.15) is 11.3 Å². The van der Waals surface area contributed by atoms with Gasteiger partial charge >= 0.3 is 0 Å². The Hall–Kier alpha value is -2.15. The van der Waals surface area contributed by atoms with Crippen LogP contribution in [0.5, 0.6) is 11.5 Å². The van der Waals surface area contributed by atoms with Gasteiger partial charge in [0.2, 0.25) is 0 Å². The smallest absolute Gasteiger partial charge is 0.161 e. The van der Waals surface area contributed by atoms with Gasteiger partial charge in [0.15, 0.2) is 11.5 Å². The minimum Gasteiger partial charge on any atom is -0.493 e. The van der Waals surface area contributed by atoms with Crippen molar-refractivity contribution in [3.63, 3.8) is 0 Å². The zero-order valence-electron chi connectivity index (χ0n) is 10.7. The van der Waals surface area contributed by atoms with Crippen LogP contribution in [0.2, 0.25) is 0 Å². The molecule has 1 aromatic carbocycles. The summed E-state index contributed by atoms with van der Waals surface area (Å²) >= 11 is 4.92. The summed E-state index contributed by atoms with van der Waals surface area (Å²) in [6.07, 6.45) is 1.79. The van der Waals surface area contributed by atoms with Crippen molar-refractivity contribution in [1.29, 1.82) is 0 Å². The van der Waals surface area contributed by atoms with Gasteiger partial charge in [0.25, 0.3) is 0 Å². The second-order valence-corrected chi connectivity index (χ2v) is 4.34. The Kier molecular flexibility index (Phi) is 3.96. The van der Waals surface area contributed by atoms with E-state index in [2.05, 4.69) is 10.3 Å². The summed E-state index contributed by atoms with van der Waals surface area (Å²) < 4.78 is 12.5. The van der Waals surface area contributed by atoms with Crippen molar-refractivity contribution in [3.05, 3.63) is 35.7 Å². The molecule has 0 spiro atoms. The van der Waals surface area contributed by atoms with Crippen LogP contribution in [-0.4, -0.2) is 27.1 Å². The number of methoxy groups -OCH3 is 1. The maximum absolute atomic E-state index is 5.64. The topological polar surface area (TPSA) is 75.2 Å². The van der Waals surface area contributed by atoms with Crippen molar-refractivity contribution < 1.29 is 9.47 Å². The molecule has 0 amide bonds. The molecule has 7 heteroatoms. The molecule has 0 aliphatic heterocycles. The summed E-state index contributed by atoms with van der Waals surface area (Å²) in [6.45, 7) is 0.316.